The number of hydrogen-bond acceptors (Lipinski definition) is 6. The van der Waals surface area contributed by atoms with Gasteiger partial charge in [-0.05, 0) is 37.1 Å². The lowest BCUT2D eigenvalue weighted by Gasteiger charge is -2.09. The van der Waals surface area contributed by atoms with Crippen LogP contribution in [0.25, 0.3) is 0 Å². The Morgan fingerprint density at radius 3 is 2.59 bits per heavy atom. The van der Waals surface area contributed by atoms with Crippen molar-refractivity contribution < 1.29 is 22.9 Å². The van der Waals surface area contributed by atoms with E-state index in [1.807, 2.05) is 31.2 Å². The summed E-state index contributed by atoms with van der Waals surface area (Å²) in [5.74, 6) is 0.150. The normalized spacial score (nSPS) is 11.0. The number of hydrogen-bond donors (Lipinski definition) is 1. The van der Waals surface area contributed by atoms with E-state index in [9.17, 15) is 23.3 Å². The standard InChI is InChI=1S/C18H20N2O6S/c1-13-5-3-6-16(9-13)26-8-4-7-19-18(21)14-10-15(20(22)23)12-17(11-14)27(2,24)25/h3,5-6,9-12H,4,7-8H2,1-2H3,(H,19,21). The Labute approximate surface area is 157 Å². The summed E-state index contributed by atoms with van der Waals surface area (Å²) in [6.07, 6.45) is 1.45. The Hall–Kier alpha value is -2.94. The third-order valence-electron chi connectivity index (χ3n) is 3.66. The molecule has 8 nitrogen and oxygen atoms in total. The highest BCUT2D eigenvalue weighted by Gasteiger charge is 2.18. The molecule has 0 radical (unpaired) electrons. The van der Waals surface area contributed by atoms with Gasteiger partial charge in [0.05, 0.1) is 16.4 Å². The predicted molar refractivity (Wildman–Crippen MR) is 99.8 cm³/mol. The van der Waals surface area contributed by atoms with Gasteiger partial charge in [-0.15, -0.1) is 0 Å². The molecule has 1 amide bonds. The maximum absolute atomic E-state index is 12.2. The smallest absolute Gasteiger partial charge is 0.271 e. The number of aryl methyl sites for hydroxylation is 1. The topological polar surface area (TPSA) is 116 Å². The first-order chi connectivity index (χ1) is 12.7. The number of carbonyl (C=O) groups is 1. The van der Waals surface area contributed by atoms with Crippen LogP contribution in [0.2, 0.25) is 0 Å². The summed E-state index contributed by atoms with van der Waals surface area (Å²) >= 11 is 0. The van der Waals surface area contributed by atoms with Gasteiger partial charge in [0.1, 0.15) is 5.75 Å². The van der Waals surface area contributed by atoms with Crippen LogP contribution in [0.4, 0.5) is 5.69 Å². The van der Waals surface area contributed by atoms with E-state index >= 15 is 0 Å². The summed E-state index contributed by atoms with van der Waals surface area (Å²) in [5, 5.41) is 13.6. The van der Waals surface area contributed by atoms with Gasteiger partial charge in [0, 0.05) is 30.5 Å². The largest absolute Gasteiger partial charge is 0.494 e. The van der Waals surface area contributed by atoms with Gasteiger partial charge < -0.3 is 10.1 Å². The quantitative estimate of drug-likeness (QED) is 0.419. The maximum Gasteiger partial charge on any atom is 0.271 e. The van der Waals surface area contributed by atoms with Crippen molar-refractivity contribution >= 4 is 21.4 Å². The Bertz CT molecular complexity index is 956. The molecule has 2 rings (SSSR count). The van der Waals surface area contributed by atoms with E-state index in [-0.39, 0.29) is 17.0 Å². The van der Waals surface area contributed by atoms with E-state index in [2.05, 4.69) is 5.32 Å². The lowest BCUT2D eigenvalue weighted by atomic mass is 10.2. The third-order valence-corrected chi connectivity index (χ3v) is 4.75. The van der Waals surface area contributed by atoms with Crippen LogP contribution >= 0.6 is 0 Å². The van der Waals surface area contributed by atoms with E-state index in [1.54, 1.807) is 0 Å². The number of non-ortho nitro benzene ring substituents is 1. The minimum absolute atomic E-state index is 0.0794. The lowest BCUT2D eigenvalue weighted by molar-refractivity contribution is -0.385. The first-order valence-electron chi connectivity index (χ1n) is 8.14. The molecule has 0 saturated carbocycles. The Morgan fingerprint density at radius 2 is 1.96 bits per heavy atom. The average molecular weight is 392 g/mol. The van der Waals surface area contributed by atoms with Crippen LogP contribution in [0.5, 0.6) is 5.75 Å². The summed E-state index contributed by atoms with van der Waals surface area (Å²) in [6.45, 7) is 2.62. The van der Waals surface area contributed by atoms with Crippen molar-refractivity contribution in [2.75, 3.05) is 19.4 Å². The van der Waals surface area contributed by atoms with Crippen molar-refractivity contribution in [1.29, 1.82) is 0 Å². The molecule has 27 heavy (non-hydrogen) atoms. The number of amides is 1. The van der Waals surface area contributed by atoms with Gasteiger partial charge in [-0.3, -0.25) is 14.9 Å². The SMILES string of the molecule is Cc1cccc(OCCCNC(=O)c2cc([N+](=O)[O-])cc(S(C)(=O)=O)c2)c1. The van der Waals surface area contributed by atoms with Crippen molar-refractivity contribution in [2.24, 2.45) is 0 Å². The molecule has 0 fully saturated rings. The fourth-order valence-corrected chi connectivity index (χ4v) is 2.98. The fourth-order valence-electron chi connectivity index (χ4n) is 2.31. The lowest BCUT2D eigenvalue weighted by Crippen LogP contribution is -2.26. The molecule has 0 bridgehead atoms. The van der Waals surface area contributed by atoms with E-state index in [0.717, 1.165) is 35.8 Å². The first kappa shape index (κ1) is 20.4. The number of sulfone groups is 1. The van der Waals surface area contributed by atoms with Crippen molar-refractivity contribution in [3.63, 3.8) is 0 Å². The monoisotopic (exact) mass is 392 g/mol. The number of nitro groups is 1. The number of carbonyl (C=O) groups excluding carboxylic acids is 1. The van der Waals surface area contributed by atoms with Crippen LogP contribution in [-0.2, 0) is 9.84 Å². The summed E-state index contributed by atoms with van der Waals surface area (Å²) in [4.78, 5) is 22.2. The molecular weight excluding hydrogens is 372 g/mol. The number of rotatable bonds is 8. The maximum atomic E-state index is 12.2. The average Bonchev–Trinajstić information content (AvgIpc) is 2.60. The van der Waals surface area contributed by atoms with E-state index in [0.29, 0.717) is 13.0 Å². The minimum Gasteiger partial charge on any atom is -0.494 e. The zero-order valence-electron chi connectivity index (χ0n) is 15.0. The van der Waals surface area contributed by atoms with E-state index in [4.69, 9.17) is 4.74 Å². The molecule has 0 atom stereocenters. The van der Waals surface area contributed by atoms with Crippen LogP contribution in [0.3, 0.4) is 0 Å². The van der Waals surface area contributed by atoms with Crippen molar-refractivity contribution in [1.82, 2.24) is 5.32 Å². The van der Waals surface area contributed by atoms with Crippen LogP contribution < -0.4 is 10.1 Å². The Morgan fingerprint density at radius 1 is 1.22 bits per heavy atom. The van der Waals surface area contributed by atoms with E-state index in [1.165, 1.54) is 0 Å². The second-order valence-corrected chi connectivity index (χ2v) is 8.04. The molecule has 1 N–H and O–H groups in total. The van der Waals surface area contributed by atoms with Crippen LogP contribution in [0.1, 0.15) is 22.3 Å². The zero-order chi connectivity index (χ0) is 20.0. The fraction of sp³-hybridized carbons (Fsp3) is 0.278. The van der Waals surface area contributed by atoms with Gasteiger partial charge in [0.2, 0.25) is 0 Å². The molecule has 0 unspecified atom stereocenters. The second kappa shape index (κ2) is 8.63. The summed E-state index contributed by atoms with van der Waals surface area (Å²) in [6, 6.07) is 10.7. The van der Waals surface area contributed by atoms with E-state index < -0.39 is 26.4 Å². The van der Waals surface area contributed by atoms with Crippen LogP contribution in [0.15, 0.2) is 47.4 Å². The molecule has 0 heterocycles. The van der Waals surface area contributed by atoms with Gasteiger partial charge >= 0.3 is 0 Å². The molecule has 2 aromatic carbocycles. The third kappa shape index (κ3) is 6.07. The van der Waals surface area contributed by atoms with Gasteiger partial charge in [0.25, 0.3) is 11.6 Å². The van der Waals surface area contributed by atoms with Crippen molar-refractivity contribution in [3.05, 3.63) is 63.7 Å². The number of nitrogens with one attached hydrogen (secondary N) is 1. The molecule has 0 aliphatic heterocycles. The van der Waals surface area contributed by atoms with Crippen LogP contribution in [0, 0.1) is 17.0 Å². The van der Waals surface area contributed by atoms with Crippen LogP contribution in [-0.4, -0.2) is 38.7 Å². The summed E-state index contributed by atoms with van der Waals surface area (Å²) in [5.41, 5.74) is 0.545. The molecule has 9 heteroatoms. The Kier molecular flexibility index (Phi) is 6.51. The highest BCUT2D eigenvalue weighted by Crippen LogP contribution is 2.21. The highest BCUT2D eigenvalue weighted by molar-refractivity contribution is 7.90. The predicted octanol–water partition coefficient (Wildman–Crippen LogP) is 2.51. The van der Waals surface area contributed by atoms with Gasteiger partial charge in [-0.25, -0.2) is 8.42 Å². The Balaban J connectivity index is 1.95. The molecule has 0 aliphatic carbocycles. The number of benzene rings is 2. The van der Waals surface area contributed by atoms with Gasteiger partial charge in [-0.1, -0.05) is 12.1 Å². The van der Waals surface area contributed by atoms with Crippen molar-refractivity contribution in [3.8, 4) is 5.75 Å². The molecule has 0 aliphatic rings. The molecular formula is C18H20N2O6S. The minimum atomic E-state index is -3.68. The molecule has 0 spiro atoms. The summed E-state index contributed by atoms with van der Waals surface area (Å²) < 4.78 is 28.9. The summed E-state index contributed by atoms with van der Waals surface area (Å²) in [7, 11) is -3.68. The van der Waals surface area contributed by atoms with Gasteiger partial charge in [-0.2, -0.15) is 0 Å². The molecule has 0 aromatic heterocycles. The second-order valence-electron chi connectivity index (χ2n) is 6.02. The molecule has 0 saturated heterocycles. The van der Waals surface area contributed by atoms with Crippen molar-refractivity contribution in [2.45, 2.75) is 18.2 Å². The zero-order valence-corrected chi connectivity index (χ0v) is 15.8. The number of ether oxygens (including phenoxy) is 1. The van der Waals surface area contributed by atoms with Gasteiger partial charge in [0.15, 0.2) is 9.84 Å². The molecule has 2 aromatic rings. The molecule has 144 valence electrons. The first-order valence-corrected chi connectivity index (χ1v) is 10.0. The number of nitrogens with zero attached hydrogens (tertiary/aromatic N) is 1. The highest BCUT2D eigenvalue weighted by atomic mass is 32.2. The number of nitro benzene ring substituents is 1.